The number of nitrogens with zero attached hydrogens (tertiary/aromatic N) is 1. The Hall–Kier alpha value is -4.88. The van der Waals surface area contributed by atoms with Crippen molar-refractivity contribution in [2.24, 2.45) is 0 Å². The van der Waals surface area contributed by atoms with Crippen molar-refractivity contribution in [3.63, 3.8) is 0 Å². The van der Waals surface area contributed by atoms with Gasteiger partial charge in [0, 0.05) is 27.2 Å². The highest BCUT2D eigenvalue weighted by Gasteiger charge is 2.28. The molecule has 1 heterocycles. The molecular weight excluding hydrogens is 446 g/mol. The van der Waals surface area contributed by atoms with Crippen molar-refractivity contribution in [3.05, 3.63) is 127 Å². The minimum absolute atomic E-state index is 1.19. The van der Waals surface area contributed by atoms with E-state index in [1.54, 1.807) is 0 Å². The molecule has 0 atom stereocenters. The van der Waals surface area contributed by atoms with E-state index in [0.29, 0.717) is 0 Å². The lowest BCUT2D eigenvalue weighted by molar-refractivity contribution is 1.19. The summed E-state index contributed by atoms with van der Waals surface area (Å²) in [5, 5.41) is 10.5. The molecular formula is C36H21N. The van der Waals surface area contributed by atoms with E-state index in [2.05, 4.69) is 132 Å². The van der Waals surface area contributed by atoms with Gasteiger partial charge in [-0.2, -0.15) is 0 Å². The first-order valence-corrected chi connectivity index (χ1v) is 12.9. The number of benzene rings is 7. The summed E-state index contributed by atoms with van der Waals surface area (Å²) in [5.74, 6) is 0. The molecule has 9 rings (SSSR count). The molecule has 0 unspecified atom stereocenters. The maximum atomic E-state index is 2.47. The summed E-state index contributed by atoms with van der Waals surface area (Å²) in [7, 11) is 0. The fourth-order valence-corrected chi connectivity index (χ4v) is 6.79. The molecule has 0 saturated heterocycles. The Bertz CT molecular complexity index is 2230. The highest BCUT2D eigenvalue weighted by molar-refractivity contribution is 6.35. The van der Waals surface area contributed by atoms with Crippen LogP contribution in [0.3, 0.4) is 0 Å². The predicted molar refractivity (Wildman–Crippen MR) is 158 cm³/mol. The van der Waals surface area contributed by atoms with E-state index in [9.17, 15) is 0 Å². The van der Waals surface area contributed by atoms with Gasteiger partial charge in [0.25, 0.3) is 0 Å². The predicted octanol–water partition coefficient (Wildman–Crippen LogP) is 9.89. The molecule has 1 aliphatic rings. The number of para-hydroxylation sites is 2. The van der Waals surface area contributed by atoms with E-state index in [1.165, 1.54) is 82.1 Å². The van der Waals surface area contributed by atoms with Crippen LogP contribution in [0.25, 0.3) is 82.1 Å². The van der Waals surface area contributed by atoms with Gasteiger partial charge in [0.1, 0.15) is 0 Å². The molecule has 0 amide bonds. The summed E-state index contributed by atoms with van der Waals surface area (Å²) < 4.78 is 2.47. The molecule has 7 aromatic carbocycles. The SMILES string of the molecule is c1ccc(-n2c3ccccc3c3cc4c5c(cc6ccccc6c5c32)-c2ccc3ccccc3c2-4)cc1. The highest BCUT2D eigenvalue weighted by Crippen LogP contribution is 2.54. The van der Waals surface area contributed by atoms with Crippen LogP contribution in [0.2, 0.25) is 0 Å². The summed E-state index contributed by atoms with van der Waals surface area (Å²) in [6, 6.07) is 46.9. The summed E-state index contributed by atoms with van der Waals surface area (Å²) in [5.41, 5.74) is 9.14. The van der Waals surface area contributed by atoms with Crippen LogP contribution in [0.5, 0.6) is 0 Å². The monoisotopic (exact) mass is 467 g/mol. The quantitative estimate of drug-likeness (QED) is 0.212. The maximum Gasteiger partial charge on any atom is 0.0626 e. The van der Waals surface area contributed by atoms with Crippen LogP contribution in [0, 0.1) is 0 Å². The minimum atomic E-state index is 1.19. The van der Waals surface area contributed by atoms with E-state index in [-0.39, 0.29) is 0 Å². The van der Waals surface area contributed by atoms with Gasteiger partial charge in [0.05, 0.1) is 11.0 Å². The third-order valence-corrected chi connectivity index (χ3v) is 8.26. The number of rotatable bonds is 1. The Morgan fingerprint density at radius 2 is 1.11 bits per heavy atom. The van der Waals surface area contributed by atoms with Crippen LogP contribution in [-0.4, -0.2) is 4.57 Å². The molecule has 1 heteroatoms. The van der Waals surface area contributed by atoms with Gasteiger partial charge < -0.3 is 4.57 Å². The zero-order valence-corrected chi connectivity index (χ0v) is 20.1. The van der Waals surface area contributed by atoms with Gasteiger partial charge in [-0.1, -0.05) is 97.1 Å². The van der Waals surface area contributed by atoms with Gasteiger partial charge in [-0.25, -0.2) is 0 Å². The van der Waals surface area contributed by atoms with Crippen molar-refractivity contribution in [2.45, 2.75) is 0 Å². The molecule has 1 aromatic heterocycles. The smallest absolute Gasteiger partial charge is 0.0626 e. The lowest BCUT2D eigenvalue weighted by Gasteiger charge is -2.13. The lowest BCUT2D eigenvalue weighted by atomic mass is 9.94. The zero-order chi connectivity index (χ0) is 24.1. The molecule has 0 fully saturated rings. The Labute approximate surface area is 213 Å². The molecule has 0 aliphatic heterocycles. The maximum absolute atomic E-state index is 2.47. The molecule has 0 spiro atoms. The molecule has 170 valence electrons. The van der Waals surface area contributed by atoms with Crippen LogP contribution in [-0.2, 0) is 0 Å². The summed E-state index contributed by atoms with van der Waals surface area (Å²) in [4.78, 5) is 0. The van der Waals surface area contributed by atoms with Crippen molar-refractivity contribution in [2.75, 3.05) is 0 Å². The first-order chi connectivity index (χ1) is 18.4. The van der Waals surface area contributed by atoms with Crippen LogP contribution in [0.4, 0.5) is 0 Å². The zero-order valence-electron chi connectivity index (χ0n) is 20.1. The molecule has 8 aromatic rings. The molecule has 0 N–H and O–H groups in total. The normalized spacial score (nSPS) is 12.3. The van der Waals surface area contributed by atoms with Crippen LogP contribution in [0.15, 0.2) is 127 Å². The van der Waals surface area contributed by atoms with E-state index in [1.807, 2.05) is 0 Å². The largest absolute Gasteiger partial charge is 0.309 e. The van der Waals surface area contributed by atoms with Gasteiger partial charge >= 0.3 is 0 Å². The fourth-order valence-electron chi connectivity index (χ4n) is 6.79. The van der Waals surface area contributed by atoms with Crippen LogP contribution < -0.4 is 0 Å². The van der Waals surface area contributed by atoms with Crippen molar-refractivity contribution < 1.29 is 0 Å². The van der Waals surface area contributed by atoms with Crippen LogP contribution >= 0.6 is 0 Å². The lowest BCUT2D eigenvalue weighted by Crippen LogP contribution is -1.94. The Kier molecular flexibility index (Phi) is 3.59. The first-order valence-electron chi connectivity index (χ1n) is 12.9. The first kappa shape index (κ1) is 19.3. The Morgan fingerprint density at radius 3 is 1.97 bits per heavy atom. The van der Waals surface area contributed by atoms with Crippen LogP contribution in [0.1, 0.15) is 0 Å². The topological polar surface area (TPSA) is 4.93 Å². The number of aromatic nitrogens is 1. The second-order valence-electron chi connectivity index (χ2n) is 10.1. The second-order valence-corrected chi connectivity index (χ2v) is 10.1. The summed E-state index contributed by atoms with van der Waals surface area (Å²) in [6.45, 7) is 0. The number of hydrogen-bond donors (Lipinski definition) is 0. The van der Waals surface area contributed by atoms with Crippen molar-refractivity contribution in [1.29, 1.82) is 0 Å². The molecule has 0 saturated carbocycles. The van der Waals surface area contributed by atoms with Crippen molar-refractivity contribution in [1.82, 2.24) is 4.57 Å². The third kappa shape index (κ3) is 2.39. The van der Waals surface area contributed by atoms with Gasteiger partial charge in [-0.05, 0) is 74.1 Å². The molecule has 0 bridgehead atoms. The van der Waals surface area contributed by atoms with E-state index >= 15 is 0 Å². The summed E-state index contributed by atoms with van der Waals surface area (Å²) >= 11 is 0. The standard InChI is InChI=1S/C36H21N/c1-2-12-24(13-3-1)37-32-17-9-8-16-27(32)30-21-31-33-25-14-6-4-10-22(25)18-19-28(33)29-20-23-11-5-7-15-26(23)35(34(29)31)36(30)37/h1-21H. The molecule has 37 heavy (non-hydrogen) atoms. The molecule has 1 aliphatic carbocycles. The van der Waals surface area contributed by atoms with E-state index in [0.717, 1.165) is 0 Å². The van der Waals surface area contributed by atoms with E-state index < -0.39 is 0 Å². The van der Waals surface area contributed by atoms with Gasteiger partial charge in [-0.15, -0.1) is 0 Å². The molecule has 0 radical (unpaired) electrons. The molecule has 1 nitrogen and oxygen atoms in total. The van der Waals surface area contributed by atoms with Crippen molar-refractivity contribution >= 4 is 54.1 Å². The highest BCUT2D eigenvalue weighted by atomic mass is 15.0. The number of fused-ring (bicyclic) bond motifs is 11. The number of hydrogen-bond acceptors (Lipinski definition) is 0. The summed E-state index contributed by atoms with van der Waals surface area (Å²) in [6.07, 6.45) is 0. The van der Waals surface area contributed by atoms with Gasteiger partial charge in [-0.3, -0.25) is 0 Å². The van der Waals surface area contributed by atoms with Gasteiger partial charge in [0.15, 0.2) is 0 Å². The Balaban J connectivity index is 1.62. The minimum Gasteiger partial charge on any atom is -0.309 e. The Morgan fingerprint density at radius 1 is 0.405 bits per heavy atom. The average molecular weight is 468 g/mol. The van der Waals surface area contributed by atoms with E-state index in [4.69, 9.17) is 0 Å². The third-order valence-electron chi connectivity index (χ3n) is 8.26. The fraction of sp³-hybridized carbons (Fsp3) is 0. The van der Waals surface area contributed by atoms with Crippen molar-refractivity contribution in [3.8, 4) is 27.9 Å². The van der Waals surface area contributed by atoms with Gasteiger partial charge in [0.2, 0.25) is 0 Å². The second kappa shape index (κ2) is 6.87. The average Bonchev–Trinajstić information content (AvgIpc) is 3.47.